The molecule has 1 heterocycles. The lowest BCUT2D eigenvalue weighted by molar-refractivity contribution is -0.126. The zero-order chi connectivity index (χ0) is 12.8. The van der Waals surface area contributed by atoms with Gasteiger partial charge in [-0.1, -0.05) is 0 Å². The molecule has 2 rings (SSSR count). The van der Waals surface area contributed by atoms with Crippen molar-refractivity contribution in [1.82, 2.24) is 15.5 Å². The molecular weight excluding hydrogens is 228 g/mol. The monoisotopic (exact) mass is 248 g/mol. The van der Waals surface area contributed by atoms with Gasteiger partial charge in [0.2, 0.25) is 5.91 Å². The van der Waals surface area contributed by atoms with Crippen LogP contribution in [0.3, 0.4) is 0 Å². The molecule has 1 aromatic heterocycles. The van der Waals surface area contributed by atoms with Crippen LogP contribution >= 0.6 is 0 Å². The highest BCUT2D eigenvalue weighted by molar-refractivity contribution is 5.78. The SMILES string of the molecule is NCC1CCC(C(=O)NCc2cccnn2)CC1. The van der Waals surface area contributed by atoms with Gasteiger partial charge in [-0.2, -0.15) is 10.2 Å². The second-order valence-corrected chi connectivity index (χ2v) is 4.89. The molecule has 18 heavy (non-hydrogen) atoms. The number of hydrogen-bond donors (Lipinski definition) is 2. The van der Waals surface area contributed by atoms with Gasteiger partial charge in [-0.05, 0) is 50.3 Å². The number of nitrogens with zero attached hydrogens (tertiary/aromatic N) is 2. The summed E-state index contributed by atoms with van der Waals surface area (Å²) in [5.74, 6) is 0.884. The summed E-state index contributed by atoms with van der Waals surface area (Å²) < 4.78 is 0. The third-order valence-corrected chi connectivity index (χ3v) is 3.62. The van der Waals surface area contributed by atoms with E-state index in [1.165, 1.54) is 0 Å². The van der Waals surface area contributed by atoms with Gasteiger partial charge in [0.25, 0.3) is 0 Å². The highest BCUT2D eigenvalue weighted by Gasteiger charge is 2.25. The summed E-state index contributed by atoms with van der Waals surface area (Å²) in [4.78, 5) is 12.0. The molecule has 0 aliphatic heterocycles. The van der Waals surface area contributed by atoms with Crippen molar-refractivity contribution in [1.29, 1.82) is 0 Å². The topological polar surface area (TPSA) is 80.9 Å². The van der Waals surface area contributed by atoms with E-state index in [9.17, 15) is 4.79 Å². The number of aromatic nitrogens is 2. The maximum atomic E-state index is 12.0. The van der Waals surface area contributed by atoms with Crippen molar-refractivity contribution in [3.8, 4) is 0 Å². The number of carbonyl (C=O) groups is 1. The Balaban J connectivity index is 1.75. The zero-order valence-electron chi connectivity index (χ0n) is 10.5. The van der Waals surface area contributed by atoms with Crippen LogP contribution in [0.15, 0.2) is 18.3 Å². The number of nitrogens with two attached hydrogens (primary N) is 1. The van der Waals surface area contributed by atoms with Crippen molar-refractivity contribution in [3.05, 3.63) is 24.0 Å². The van der Waals surface area contributed by atoms with E-state index in [1.807, 2.05) is 12.1 Å². The minimum atomic E-state index is 0.135. The standard InChI is InChI=1S/C13H20N4O/c14-8-10-3-5-11(6-4-10)13(18)15-9-12-2-1-7-16-17-12/h1-2,7,10-11H,3-6,8-9,14H2,(H,15,18). The van der Waals surface area contributed by atoms with Gasteiger partial charge in [0, 0.05) is 12.1 Å². The van der Waals surface area contributed by atoms with E-state index < -0.39 is 0 Å². The fourth-order valence-electron chi connectivity index (χ4n) is 2.41. The summed E-state index contributed by atoms with van der Waals surface area (Å²) in [5.41, 5.74) is 6.44. The predicted octanol–water partition coefficient (Wildman–Crippen LogP) is 0.858. The van der Waals surface area contributed by atoms with E-state index in [1.54, 1.807) is 6.20 Å². The predicted molar refractivity (Wildman–Crippen MR) is 68.4 cm³/mol. The molecule has 5 heteroatoms. The maximum Gasteiger partial charge on any atom is 0.223 e. The fraction of sp³-hybridized carbons (Fsp3) is 0.615. The normalized spacial score (nSPS) is 23.6. The lowest BCUT2D eigenvalue weighted by Gasteiger charge is -2.26. The summed E-state index contributed by atoms with van der Waals surface area (Å²) in [6, 6.07) is 3.68. The summed E-state index contributed by atoms with van der Waals surface area (Å²) in [5, 5.41) is 10.6. The molecule has 3 N–H and O–H groups in total. The first-order valence-corrected chi connectivity index (χ1v) is 6.54. The Labute approximate surface area is 107 Å². The Hall–Kier alpha value is -1.49. The molecule has 0 unspecified atom stereocenters. The molecule has 1 fully saturated rings. The molecular formula is C13H20N4O. The van der Waals surface area contributed by atoms with Crippen molar-refractivity contribution in [2.75, 3.05) is 6.54 Å². The molecule has 1 saturated carbocycles. The van der Waals surface area contributed by atoms with Gasteiger partial charge in [0.1, 0.15) is 0 Å². The average Bonchev–Trinajstić information content (AvgIpc) is 2.46. The van der Waals surface area contributed by atoms with Crippen molar-refractivity contribution < 1.29 is 4.79 Å². The Kier molecular flexibility index (Phi) is 4.64. The van der Waals surface area contributed by atoms with Crippen LogP contribution in [0.2, 0.25) is 0 Å². The zero-order valence-corrected chi connectivity index (χ0v) is 10.5. The molecule has 1 aromatic rings. The number of hydrogen-bond acceptors (Lipinski definition) is 4. The Morgan fingerprint density at radius 2 is 2.17 bits per heavy atom. The molecule has 98 valence electrons. The van der Waals surface area contributed by atoms with Gasteiger partial charge in [-0.3, -0.25) is 4.79 Å². The van der Waals surface area contributed by atoms with Gasteiger partial charge in [0.15, 0.2) is 0 Å². The molecule has 0 spiro atoms. The van der Waals surface area contributed by atoms with Gasteiger partial charge in [-0.25, -0.2) is 0 Å². The molecule has 1 aliphatic carbocycles. The molecule has 5 nitrogen and oxygen atoms in total. The Morgan fingerprint density at radius 3 is 2.78 bits per heavy atom. The van der Waals surface area contributed by atoms with E-state index >= 15 is 0 Å². The van der Waals surface area contributed by atoms with Crippen molar-refractivity contribution >= 4 is 5.91 Å². The van der Waals surface area contributed by atoms with Gasteiger partial charge < -0.3 is 11.1 Å². The maximum absolute atomic E-state index is 12.0. The van der Waals surface area contributed by atoms with Crippen LogP contribution in [0, 0.1) is 11.8 Å². The van der Waals surface area contributed by atoms with E-state index in [0.29, 0.717) is 12.5 Å². The number of amides is 1. The van der Waals surface area contributed by atoms with Crippen LogP contribution in [0.25, 0.3) is 0 Å². The van der Waals surface area contributed by atoms with Crippen molar-refractivity contribution in [3.63, 3.8) is 0 Å². The van der Waals surface area contributed by atoms with Crippen molar-refractivity contribution in [2.45, 2.75) is 32.2 Å². The smallest absolute Gasteiger partial charge is 0.223 e. The van der Waals surface area contributed by atoms with Gasteiger partial charge in [-0.15, -0.1) is 0 Å². The molecule has 0 saturated heterocycles. The minimum absolute atomic E-state index is 0.135. The van der Waals surface area contributed by atoms with E-state index in [0.717, 1.165) is 37.9 Å². The Bertz CT molecular complexity index is 374. The second-order valence-electron chi connectivity index (χ2n) is 4.89. The van der Waals surface area contributed by atoms with Gasteiger partial charge in [0.05, 0.1) is 12.2 Å². The van der Waals surface area contributed by atoms with Crippen LogP contribution < -0.4 is 11.1 Å². The van der Waals surface area contributed by atoms with E-state index in [4.69, 9.17) is 5.73 Å². The highest BCUT2D eigenvalue weighted by Crippen LogP contribution is 2.28. The lowest BCUT2D eigenvalue weighted by atomic mass is 9.81. The third-order valence-electron chi connectivity index (χ3n) is 3.62. The summed E-state index contributed by atoms with van der Waals surface area (Å²) in [6.45, 7) is 1.21. The molecule has 0 bridgehead atoms. The van der Waals surface area contributed by atoms with Crippen LogP contribution in [0.5, 0.6) is 0 Å². The molecule has 1 amide bonds. The molecule has 0 atom stereocenters. The quantitative estimate of drug-likeness (QED) is 0.828. The van der Waals surface area contributed by atoms with Crippen LogP contribution in [-0.2, 0) is 11.3 Å². The first kappa shape index (κ1) is 13.0. The summed E-state index contributed by atoms with van der Waals surface area (Å²) in [7, 11) is 0. The fourth-order valence-corrected chi connectivity index (χ4v) is 2.41. The molecule has 1 aliphatic rings. The summed E-state index contributed by atoms with van der Waals surface area (Å²) >= 11 is 0. The van der Waals surface area contributed by atoms with Crippen LogP contribution in [0.1, 0.15) is 31.4 Å². The first-order valence-electron chi connectivity index (χ1n) is 6.54. The minimum Gasteiger partial charge on any atom is -0.350 e. The first-order chi connectivity index (χ1) is 8.79. The highest BCUT2D eigenvalue weighted by atomic mass is 16.1. The molecule has 0 radical (unpaired) electrons. The van der Waals surface area contributed by atoms with Crippen molar-refractivity contribution in [2.24, 2.45) is 17.6 Å². The number of rotatable bonds is 4. The Morgan fingerprint density at radius 1 is 1.39 bits per heavy atom. The van der Waals surface area contributed by atoms with Crippen LogP contribution in [0.4, 0.5) is 0 Å². The van der Waals surface area contributed by atoms with E-state index in [2.05, 4.69) is 15.5 Å². The second kappa shape index (κ2) is 6.44. The largest absolute Gasteiger partial charge is 0.350 e. The number of nitrogens with one attached hydrogen (secondary N) is 1. The third kappa shape index (κ3) is 3.50. The van der Waals surface area contributed by atoms with Crippen LogP contribution in [-0.4, -0.2) is 22.6 Å². The molecule has 0 aromatic carbocycles. The lowest BCUT2D eigenvalue weighted by Crippen LogP contribution is -2.34. The van der Waals surface area contributed by atoms with Gasteiger partial charge >= 0.3 is 0 Å². The number of carbonyl (C=O) groups excluding carboxylic acids is 1. The van der Waals surface area contributed by atoms with E-state index in [-0.39, 0.29) is 11.8 Å². The summed E-state index contributed by atoms with van der Waals surface area (Å²) in [6.07, 6.45) is 5.67. The average molecular weight is 248 g/mol.